The number of rotatable bonds is 6. The van der Waals surface area contributed by atoms with Crippen LogP contribution in [-0.4, -0.2) is 66.2 Å². The van der Waals surface area contributed by atoms with Crippen molar-refractivity contribution in [2.45, 2.75) is 18.6 Å². The molecule has 0 saturated carbocycles. The zero-order valence-electron chi connectivity index (χ0n) is 23.7. The van der Waals surface area contributed by atoms with Gasteiger partial charge in [0.05, 0.1) is 47.7 Å². The zero-order valence-corrected chi connectivity index (χ0v) is 23.7. The Balaban J connectivity index is 1.32. The number of carbonyl (C=O) groups excluding carboxylic acids is 2. The molecule has 47 heavy (non-hydrogen) atoms. The van der Waals surface area contributed by atoms with Crippen LogP contribution >= 0.6 is 0 Å². The molecule has 12 nitrogen and oxygen atoms in total. The summed E-state index contributed by atoms with van der Waals surface area (Å²) in [4.78, 5) is 44.9. The molecular formula is C29H20F6N4O8. The third kappa shape index (κ3) is 6.00. The molecule has 1 saturated heterocycles. The highest BCUT2D eigenvalue weighted by atomic mass is 19.4. The molecule has 3 aromatic carbocycles. The van der Waals surface area contributed by atoms with E-state index in [1.54, 1.807) is 6.07 Å². The molecule has 0 spiro atoms. The van der Waals surface area contributed by atoms with E-state index in [0.717, 1.165) is 23.1 Å². The minimum absolute atomic E-state index is 0.0326. The Hall–Kier alpha value is -5.68. The minimum Gasteiger partial charge on any atom is -0.496 e. The average Bonchev–Trinajstić information content (AvgIpc) is 3.68. The smallest absolute Gasteiger partial charge is 0.496 e. The van der Waals surface area contributed by atoms with E-state index in [9.17, 15) is 45.8 Å². The van der Waals surface area contributed by atoms with Crippen molar-refractivity contribution >= 4 is 35.0 Å². The molecule has 3 heterocycles. The van der Waals surface area contributed by atoms with Crippen molar-refractivity contribution in [1.82, 2.24) is 4.90 Å². The lowest BCUT2D eigenvalue weighted by Gasteiger charge is -2.16. The van der Waals surface area contributed by atoms with Gasteiger partial charge in [-0.25, -0.2) is 9.18 Å². The van der Waals surface area contributed by atoms with Gasteiger partial charge in [-0.15, -0.1) is 8.78 Å². The standard InChI is InChI=1S/C29H20F6N4O8/c1-44-20-5-2-12(24-16-10-39(27(42)43)11-23(16)47-38-24)6-15(20)26(41)37-19-9-22-21(45-29(34,35)46-22)8-14(19)25(40)36-13-3-4-18(30)17(7-13)28(31,32)33/h2-9,16,23H,10-11H2,1H3,(H,36,40)(H,37,41)(H,42,43). The molecule has 3 N–H and O–H groups in total. The largest absolute Gasteiger partial charge is 0.586 e. The van der Waals surface area contributed by atoms with Gasteiger partial charge in [0.2, 0.25) is 0 Å². The summed E-state index contributed by atoms with van der Waals surface area (Å²) >= 11 is 0. The van der Waals surface area contributed by atoms with Crippen LogP contribution in [0.5, 0.6) is 17.2 Å². The number of nitrogens with one attached hydrogen (secondary N) is 2. The van der Waals surface area contributed by atoms with Gasteiger partial charge in [0, 0.05) is 23.9 Å². The van der Waals surface area contributed by atoms with E-state index in [-0.39, 0.29) is 24.4 Å². The maximum Gasteiger partial charge on any atom is 0.586 e. The van der Waals surface area contributed by atoms with Crippen LogP contribution in [0.2, 0.25) is 0 Å². The van der Waals surface area contributed by atoms with Gasteiger partial charge in [-0.2, -0.15) is 13.2 Å². The highest BCUT2D eigenvalue weighted by Gasteiger charge is 2.46. The molecule has 2 unspecified atom stereocenters. The lowest BCUT2D eigenvalue weighted by Crippen LogP contribution is -2.28. The van der Waals surface area contributed by atoms with Gasteiger partial charge in [-0.1, -0.05) is 5.16 Å². The van der Waals surface area contributed by atoms with Crippen molar-refractivity contribution < 1.29 is 64.9 Å². The fourth-order valence-electron chi connectivity index (χ4n) is 5.30. The van der Waals surface area contributed by atoms with E-state index in [2.05, 4.69) is 25.3 Å². The molecule has 0 bridgehead atoms. The van der Waals surface area contributed by atoms with E-state index in [0.29, 0.717) is 23.4 Å². The Morgan fingerprint density at radius 3 is 2.36 bits per heavy atom. The first-order valence-corrected chi connectivity index (χ1v) is 13.5. The third-order valence-corrected chi connectivity index (χ3v) is 7.48. The van der Waals surface area contributed by atoms with E-state index in [1.807, 2.05) is 0 Å². The van der Waals surface area contributed by atoms with Gasteiger partial charge >= 0.3 is 18.6 Å². The van der Waals surface area contributed by atoms with Crippen LogP contribution in [0.15, 0.2) is 53.7 Å². The number of benzene rings is 3. The molecule has 1 fully saturated rings. The zero-order chi connectivity index (χ0) is 33.8. The average molecular weight is 666 g/mol. The van der Waals surface area contributed by atoms with Crippen molar-refractivity contribution in [3.63, 3.8) is 0 Å². The van der Waals surface area contributed by atoms with Gasteiger partial charge in [-0.05, 0) is 42.5 Å². The Morgan fingerprint density at radius 1 is 0.979 bits per heavy atom. The second kappa shape index (κ2) is 11.3. The summed E-state index contributed by atoms with van der Waals surface area (Å²) in [7, 11) is 1.26. The Labute approximate surface area is 259 Å². The Kier molecular flexibility index (Phi) is 7.52. The predicted octanol–water partition coefficient (Wildman–Crippen LogP) is 5.39. The summed E-state index contributed by atoms with van der Waals surface area (Å²) in [6.45, 7) is 0.172. The summed E-state index contributed by atoms with van der Waals surface area (Å²) in [5.74, 6) is -5.31. The number of methoxy groups -OCH3 is 1. The van der Waals surface area contributed by atoms with Gasteiger partial charge < -0.3 is 39.7 Å². The van der Waals surface area contributed by atoms with Gasteiger partial charge in [0.1, 0.15) is 11.6 Å². The molecule has 2 atom stereocenters. The number of fused-ring (bicyclic) bond motifs is 2. The van der Waals surface area contributed by atoms with Crippen LogP contribution in [0.3, 0.4) is 0 Å². The second-order valence-electron chi connectivity index (χ2n) is 10.4. The number of ether oxygens (including phenoxy) is 3. The molecule has 3 aromatic rings. The number of oxime groups is 1. The molecule has 3 amide bonds. The Bertz CT molecular complexity index is 1850. The van der Waals surface area contributed by atoms with Crippen molar-refractivity contribution in [3.05, 3.63) is 76.6 Å². The summed E-state index contributed by atoms with van der Waals surface area (Å²) < 4.78 is 95.4. The van der Waals surface area contributed by atoms with E-state index in [4.69, 9.17) is 9.57 Å². The normalized spacial score (nSPS) is 19.0. The SMILES string of the molecule is COc1ccc(C2=NOC3CN(C(=O)O)CC23)cc1C(=O)Nc1cc2c(cc1C(=O)Nc1ccc(F)c(C(F)(F)F)c1)OC(F)(F)O2. The van der Waals surface area contributed by atoms with E-state index < -0.39 is 82.2 Å². The number of carbonyl (C=O) groups is 3. The van der Waals surface area contributed by atoms with Gasteiger partial charge in [-0.3, -0.25) is 9.59 Å². The fraction of sp³-hybridized carbons (Fsp3) is 0.241. The molecule has 246 valence electrons. The molecule has 0 aromatic heterocycles. The third-order valence-electron chi connectivity index (χ3n) is 7.48. The summed E-state index contributed by atoms with van der Waals surface area (Å²) in [5, 5.41) is 17.9. The summed E-state index contributed by atoms with van der Waals surface area (Å²) in [5.41, 5.74) is -2.53. The molecular weight excluding hydrogens is 646 g/mol. The molecule has 0 radical (unpaired) electrons. The lowest BCUT2D eigenvalue weighted by atomic mass is 9.93. The number of amides is 3. The van der Waals surface area contributed by atoms with Crippen molar-refractivity contribution in [3.8, 4) is 17.2 Å². The number of halogens is 6. The first-order valence-electron chi connectivity index (χ1n) is 13.5. The topological polar surface area (TPSA) is 148 Å². The van der Waals surface area contributed by atoms with Crippen LogP contribution in [0.25, 0.3) is 0 Å². The van der Waals surface area contributed by atoms with Crippen LogP contribution in [-0.2, 0) is 11.0 Å². The molecule has 0 aliphatic carbocycles. The maximum absolute atomic E-state index is 13.9. The first kappa shape index (κ1) is 31.3. The summed E-state index contributed by atoms with van der Waals surface area (Å²) in [6.07, 6.45) is -10.9. The second-order valence-corrected chi connectivity index (χ2v) is 10.4. The number of alkyl halides is 5. The monoisotopic (exact) mass is 666 g/mol. The lowest BCUT2D eigenvalue weighted by molar-refractivity contribution is -0.286. The molecule has 3 aliphatic rings. The molecule has 6 rings (SSSR count). The summed E-state index contributed by atoms with van der Waals surface area (Å²) in [6, 6.07) is 7.63. The number of anilines is 2. The van der Waals surface area contributed by atoms with E-state index in [1.165, 1.54) is 19.2 Å². The number of hydrogen-bond acceptors (Lipinski definition) is 8. The van der Waals surface area contributed by atoms with Crippen LogP contribution < -0.4 is 24.8 Å². The highest BCUT2D eigenvalue weighted by Crippen LogP contribution is 2.44. The van der Waals surface area contributed by atoms with Crippen LogP contribution in [0, 0.1) is 11.7 Å². The fourth-order valence-corrected chi connectivity index (χ4v) is 5.30. The molecule has 18 heteroatoms. The van der Waals surface area contributed by atoms with Gasteiger partial charge in [0.25, 0.3) is 11.8 Å². The van der Waals surface area contributed by atoms with E-state index >= 15 is 0 Å². The predicted molar refractivity (Wildman–Crippen MR) is 147 cm³/mol. The number of nitrogens with zero attached hydrogens (tertiary/aromatic N) is 2. The molecule has 3 aliphatic heterocycles. The van der Waals surface area contributed by atoms with Gasteiger partial charge in [0.15, 0.2) is 17.6 Å². The Morgan fingerprint density at radius 2 is 1.68 bits per heavy atom. The number of likely N-dealkylation sites (tertiary alicyclic amines) is 1. The minimum atomic E-state index is -5.09. The maximum atomic E-state index is 13.9. The van der Waals surface area contributed by atoms with Crippen LogP contribution in [0.1, 0.15) is 31.8 Å². The van der Waals surface area contributed by atoms with Crippen molar-refractivity contribution in [1.29, 1.82) is 0 Å². The quantitative estimate of drug-likeness (QED) is 0.297. The van der Waals surface area contributed by atoms with Crippen LogP contribution in [0.4, 0.5) is 42.5 Å². The van der Waals surface area contributed by atoms with Crippen molar-refractivity contribution in [2.24, 2.45) is 11.1 Å². The number of hydrogen-bond donors (Lipinski definition) is 3. The number of carboxylic acid groups (broad SMARTS) is 1. The first-order chi connectivity index (χ1) is 22.1. The van der Waals surface area contributed by atoms with Crippen molar-refractivity contribution in [2.75, 3.05) is 30.8 Å². The highest BCUT2D eigenvalue weighted by molar-refractivity contribution is 6.14.